The lowest BCUT2D eigenvalue weighted by Crippen LogP contribution is -2.47. The Hall–Kier alpha value is -1.99. The van der Waals surface area contributed by atoms with Crippen LogP contribution in [0.25, 0.3) is 0 Å². The molecule has 7 nitrogen and oxygen atoms in total. The lowest BCUT2D eigenvalue weighted by Gasteiger charge is -2.31. The first kappa shape index (κ1) is 16.4. The van der Waals surface area contributed by atoms with Gasteiger partial charge in [-0.25, -0.2) is 0 Å². The highest BCUT2D eigenvalue weighted by atomic mass is 16.5. The van der Waals surface area contributed by atoms with Gasteiger partial charge in [0.1, 0.15) is 6.10 Å². The minimum Gasteiger partial charge on any atom is -0.493 e. The third kappa shape index (κ3) is 3.61. The molecule has 122 valence electrons. The predicted molar refractivity (Wildman–Crippen MR) is 80.3 cm³/mol. The zero-order valence-corrected chi connectivity index (χ0v) is 13.1. The first-order valence-electron chi connectivity index (χ1n) is 7.01. The fraction of sp³-hybridized carbons (Fsp3) is 0.533. The van der Waals surface area contributed by atoms with Crippen LogP contribution in [0.5, 0.6) is 17.2 Å². The van der Waals surface area contributed by atoms with Crippen LogP contribution in [0.15, 0.2) is 12.1 Å². The summed E-state index contributed by atoms with van der Waals surface area (Å²) >= 11 is 0. The van der Waals surface area contributed by atoms with Gasteiger partial charge >= 0.3 is 0 Å². The number of carbonyl (C=O) groups is 1. The Balaban J connectivity index is 2.17. The van der Waals surface area contributed by atoms with Crippen molar-refractivity contribution in [3.05, 3.63) is 17.7 Å². The maximum absolute atomic E-state index is 11.3. The molecule has 1 atom stereocenters. The molecule has 7 heteroatoms. The van der Waals surface area contributed by atoms with E-state index in [4.69, 9.17) is 24.7 Å². The quantitative estimate of drug-likeness (QED) is 0.819. The van der Waals surface area contributed by atoms with Gasteiger partial charge in [-0.15, -0.1) is 0 Å². The average molecular weight is 310 g/mol. The van der Waals surface area contributed by atoms with Crippen molar-refractivity contribution < 1.29 is 23.7 Å². The molecule has 1 aliphatic rings. The lowest BCUT2D eigenvalue weighted by molar-refractivity contribution is -0.135. The first-order valence-corrected chi connectivity index (χ1v) is 7.01. The summed E-state index contributed by atoms with van der Waals surface area (Å²) in [5.41, 5.74) is 6.30. The minimum atomic E-state index is -0.559. The van der Waals surface area contributed by atoms with E-state index in [1.165, 1.54) is 0 Å². The van der Waals surface area contributed by atoms with Crippen molar-refractivity contribution in [2.75, 3.05) is 41.0 Å². The third-order valence-corrected chi connectivity index (χ3v) is 3.60. The molecule has 1 saturated heterocycles. The summed E-state index contributed by atoms with van der Waals surface area (Å²) in [7, 11) is 4.73. The molecule has 1 fully saturated rings. The number of carbonyl (C=O) groups excluding carboxylic acids is 1. The van der Waals surface area contributed by atoms with Gasteiger partial charge in [-0.1, -0.05) is 0 Å². The summed E-state index contributed by atoms with van der Waals surface area (Å²) in [6.45, 7) is 2.34. The smallest absolute Gasteiger partial charge is 0.247 e. The van der Waals surface area contributed by atoms with E-state index in [0.717, 1.165) is 12.1 Å². The number of benzene rings is 1. The van der Waals surface area contributed by atoms with Crippen LogP contribution in [-0.4, -0.2) is 57.9 Å². The van der Waals surface area contributed by atoms with Crippen molar-refractivity contribution in [3.8, 4) is 17.2 Å². The average Bonchev–Trinajstić information content (AvgIpc) is 2.54. The highest BCUT2D eigenvalue weighted by Crippen LogP contribution is 2.38. The summed E-state index contributed by atoms with van der Waals surface area (Å²) in [5, 5.41) is 0. The second kappa shape index (κ2) is 7.33. The third-order valence-electron chi connectivity index (χ3n) is 3.60. The van der Waals surface area contributed by atoms with Gasteiger partial charge < -0.3 is 24.7 Å². The summed E-state index contributed by atoms with van der Waals surface area (Å²) in [6.07, 6.45) is -0.559. The molecule has 0 aromatic heterocycles. The van der Waals surface area contributed by atoms with Gasteiger partial charge in [0.25, 0.3) is 0 Å². The maximum Gasteiger partial charge on any atom is 0.247 e. The van der Waals surface area contributed by atoms with E-state index in [0.29, 0.717) is 36.9 Å². The van der Waals surface area contributed by atoms with Crippen LogP contribution in [0.1, 0.15) is 5.56 Å². The van der Waals surface area contributed by atoms with Crippen molar-refractivity contribution in [1.29, 1.82) is 0 Å². The van der Waals surface area contributed by atoms with Crippen LogP contribution in [-0.2, 0) is 16.1 Å². The largest absolute Gasteiger partial charge is 0.493 e. The number of primary amides is 1. The molecule has 2 rings (SSSR count). The minimum absolute atomic E-state index is 0.436. The van der Waals surface area contributed by atoms with E-state index < -0.39 is 12.0 Å². The fourth-order valence-electron chi connectivity index (χ4n) is 2.50. The summed E-state index contributed by atoms with van der Waals surface area (Å²) in [5.74, 6) is 1.34. The van der Waals surface area contributed by atoms with Crippen molar-refractivity contribution in [2.45, 2.75) is 12.6 Å². The van der Waals surface area contributed by atoms with Crippen molar-refractivity contribution >= 4 is 5.91 Å². The molecule has 0 bridgehead atoms. The van der Waals surface area contributed by atoms with Gasteiger partial charge in [0.2, 0.25) is 11.7 Å². The van der Waals surface area contributed by atoms with Crippen LogP contribution in [0, 0.1) is 0 Å². The molecule has 1 heterocycles. The Labute approximate surface area is 129 Å². The van der Waals surface area contributed by atoms with Gasteiger partial charge in [-0.3, -0.25) is 9.69 Å². The van der Waals surface area contributed by atoms with Crippen LogP contribution in [0.3, 0.4) is 0 Å². The van der Waals surface area contributed by atoms with Gasteiger partial charge in [0.15, 0.2) is 11.5 Å². The summed E-state index contributed by atoms with van der Waals surface area (Å²) in [6, 6.07) is 3.80. The molecule has 0 unspecified atom stereocenters. The number of nitrogens with two attached hydrogens (primary N) is 1. The topological polar surface area (TPSA) is 83.2 Å². The first-order chi connectivity index (χ1) is 10.6. The van der Waals surface area contributed by atoms with Crippen molar-refractivity contribution in [3.63, 3.8) is 0 Å². The molecular weight excluding hydrogens is 288 g/mol. The van der Waals surface area contributed by atoms with Gasteiger partial charge in [0, 0.05) is 19.6 Å². The molecule has 1 aromatic rings. The Kier molecular flexibility index (Phi) is 5.46. The number of nitrogens with zero attached hydrogens (tertiary/aromatic N) is 1. The number of ether oxygens (including phenoxy) is 4. The standard InChI is InChI=1S/C15H22N2O5/c1-19-11-6-10(7-12(20-2)14(11)21-3)8-17-4-5-22-13(9-17)15(16)18/h6-7,13H,4-5,8-9H2,1-3H3,(H2,16,18)/t13-/m1/s1. The zero-order chi connectivity index (χ0) is 16.1. The van der Waals surface area contributed by atoms with Gasteiger partial charge in [-0.2, -0.15) is 0 Å². The molecule has 2 N–H and O–H groups in total. The second-order valence-electron chi connectivity index (χ2n) is 5.03. The molecule has 22 heavy (non-hydrogen) atoms. The Morgan fingerprint density at radius 3 is 2.41 bits per heavy atom. The predicted octanol–water partition coefficient (Wildman–Crippen LogP) is 0.399. The highest BCUT2D eigenvalue weighted by Gasteiger charge is 2.25. The highest BCUT2D eigenvalue weighted by molar-refractivity contribution is 5.79. The van der Waals surface area contributed by atoms with Crippen molar-refractivity contribution in [1.82, 2.24) is 4.90 Å². The number of rotatable bonds is 6. The van der Waals surface area contributed by atoms with Crippen LogP contribution in [0.4, 0.5) is 0 Å². The van der Waals surface area contributed by atoms with E-state index in [-0.39, 0.29) is 0 Å². The van der Waals surface area contributed by atoms with Crippen molar-refractivity contribution in [2.24, 2.45) is 5.73 Å². The fourth-order valence-corrected chi connectivity index (χ4v) is 2.50. The normalized spacial score (nSPS) is 18.8. The molecular formula is C15H22N2O5. The maximum atomic E-state index is 11.3. The molecule has 1 aromatic carbocycles. The lowest BCUT2D eigenvalue weighted by atomic mass is 10.1. The molecule has 0 spiro atoms. The van der Waals surface area contributed by atoms with Gasteiger partial charge in [0.05, 0.1) is 27.9 Å². The molecule has 0 saturated carbocycles. The molecule has 0 aliphatic carbocycles. The Morgan fingerprint density at radius 2 is 1.91 bits per heavy atom. The van der Waals surface area contributed by atoms with E-state index in [1.54, 1.807) is 21.3 Å². The second-order valence-corrected chi connectivity index (χ2v) is 5.03. The number of morpholine rings is 1. The van der Waals surface area contributed by atoms with E-state index in [1.807, 2.05) is 12.1 Å². The monoisotopic (exact) mass is 310 g/mol. The molecule has 1 amide bonds. The van der Waals surface area contributed by atoms with Gasteiger partial charge in [-0.05, 0) is 17.7 Å². The van der Waals surface area contributed by atoms with Crippen LogP contribution < -0.4 is 19.9 Å². The zero-order valence-electron chi connectivity index (χ0n) is 13.1. The SMILES string of the molecule is COc1cc(CN2CCO[C@@H](C(N)=O)C2)cc(OC)c1OC. The Morgan fingerprint density at radius 1 is 1.27 bits per heavy atom. The molecule has 0 radical (unpaired) electrons. The van der Waals surface area contributed by atoms with E-state index >= 15 is 0 Å². The number of methoxy groups -OCH3 is 3. The van der Waals surface area contributed by atoms with Crippen LogP contribution in [0.2, 0.25) is 0 Å². The summed E-state index contributed by atoms with van der Waals surface area (Å²) < 4.78 is 21.3. The van der Waals surface area contributed by atoms with E-state index in [2.05, 4.69) is 4.90 Å². The molecule has 1 aliphatic heterocycles. The Bertz CT molecular complexity index is 510. The van der Waals surface area contributed by atoms with E-state index in [9.17, 15) is 4.79 Å². The number of hydrogen-bond donors (Lipinski definition) is 1. The number of amides is 1. The summed E-state index contributed by atoms with van der Waals surface area (Å²) in [4.78, 5) is 13.4. The number of hydrogen-bond acceptors (Lipinski definition) is 6. The van der Waals surface area contributed by atoms with Crippen LogP contribution >= 0.6 is 0 Å².